The molecule has 0 radical (unpaired) electrons. The summed E-state index contributed by atoms with van der Waals surface area (Å²) in [6, 6.07) is 8.69. The standard InChI is InChI=1S/C13H8FN3O3/c14-8-3-5-9(6-4-8)17-12(10-2-1-7-20-10)11(13(18)19)15-16-17/h1-7H,(H,18,19). The molecule has 0 spiro atoms. The second-order valence-corrected chi connectivity index (χ2v) is 3.96. The van der Waals surface area contributed by atoms with Crippen molar-refractivity contribution in [3.05, 3.63) is 54.2 Å². The Kier molecular flexibility index (Phi) is 2.79. The third kappa shape index (κ3) is 1.95. The number of carboxylic acid groups (broad SMARTS) is 1. The van der Waals surface area contributed by atoms with Crippen molar-refractivity contribution in [2.75, 3.05) is 0 Å². The van der Waals surface area contributed by atoms with Gasteiger partial charge in [-0.1, -0.05) is 5.21 Å². The number of carboxylic acids is 1. The highest BCUT2D eigenvalue weighted by atomic mass is 19.1. The number of furan rings is 1. The molecule has 3 rings (SSSR count). The van der Waals surface area contributed by atoms with Crippen molar-refractivity contribution in [3.63, 3.8) is 0 Å². The van der Waals surface area contributed by atoms with Crippen LogP contribution >= 0.6 is 0 Å². The van der Waals surface area contributed by atoms with Crippen molar-refractivity contribution >= 4 is 5.97 Å². The zero-order valence-electron chi connectivity index (χ0n) is 10.0. The second kappa shape index (κ2) is 4.61. The van der Waals surface area contributed by atoms with E-state index >= 15 is 0 Å². The van der Waals surface area contributed by atoms with Gasteiger partial charge in [-0.25, -0.2) is 13.9 Å². The average molecular weight is 273 g/mol. The summed E-state index contributed by atoms with van der Waals surface area (Å²) in [7, 11) is 0. The first kappa shape index (κ1) is 12.1. The van der Waals surface area contributed by atoms with Gasteiger partial charge in [0.15, 0.2) is 5.76 Å². The summed E-state index contributed by atoms with van der Waals surface area (Å²) in [6.07, 6.45) is 1.42. The molecule has 6 nitrogen and oxygen atoms in total. The third-order valence-electron chi connectivity index (χ3n) is 2.70. The lowest BCUT2D eigenvalue weighted by Gasteiger charge is -2.04. The lowest BCUT2D eigenvalue weighted by Crippen LogP contribution is -2.02. The molecule has 0 aliphatic rings. The summed E-state index contributed by atoms with van der Waals surface area (Å²) in [5.41, 5.74) is 0.455. The predicted octanol–water partition coefficient (Wildman–Crippen LogP) is 2.36. The smallest absolute Gasteiger partial charge is 0.358 e. The minimum Gasteiger partial charge on any atom is -0.476 e. The molecule has 0 saturated heterocycles. The van der Waals surface area contributed by atoms with Crippen LogP contribution in [0.3, 0.4) is 0 Å². The van der Waals surface area contributed by atoms with Gasteiger partial charge in [0.1, 0.15) is 11.5 Å². The van der Waals surface area contributed by atoms with Crippen LogP contribution in [0.15, 0.2) is 47.1 Å². The maximum Gasteiger partial charge on any atom is 0.358 e. The summed E-state index contributed by atoms with van der Waals surface area (Å²) in [4.78, 5) is 11.2. The zero-order valence-corrected chi connectivity index (χ0v) is 10.0. The largest absolute Gasteiger partial charge is 0.476 e. The van der Waals surface area contributed by atoms with Crippen LogP contribution in [0.5, 0.6) is 0 Å². The Morgan fingerprint density at radius 1 is 1.25 bits per heavy atom. The van der Waals surface area contributed by atoms with E-state index in [1.54, 1.807) is 12.1 Å². The lowest BCUT2D eigenvalue weighted by atomic mass is 10.2. The Hall–Kier alpha value is -2.96. The summed E-state index contributed by atoms with van der Waals surface area (Å²) >= 11 is 0. The van der Waals surface area contributed by atoms with Gasteiger partial charge in [-0.05, 0) is 36.4 Å². The molecule has 100 valence electrons. The Bertz CT molecular complexity index is 748. The van der Waals surface area contributed by atoms with Gasteiger partial charge in [-0.3, -0.25) is 0 Å². The molecule has 1 N–H and O–H groups in total. The van der Waals surface area contributed by atoms with Crippen molar-refractivity contribution in [1.29, 1.82) is 0 Å². The molecule has 2 heterocycles. The molecule has 3 aromatic rings. The molecule has 20 heavy (non-hydrogen) atoms. The first-order valence-electron chi connectivity index (χ1n) is 5.65. The van der Waals surface area contributed by atoms with Gasteiger partial charge >= 0.3 is 5.97 Å². The highest BCUT2D eigenvalue weighted by molar-refractivity contribution is 5.92. The number of hydrogen-bond acceptors (Lipinski definition) is 4. The molecule has 7 heteroatoms. The van der Waals surface area contributed by atoms with Crippen molar-refractivity contribution in [1.82, 2.24) is 15.0 Å². The van der Waals surface area contributed by atoms with E-state index in [9.17, 15) is 9.18 Å². The fourth-order valence-corrected chi connectivity index (χ4v) is 1.82. The van der Waals surface area contributed by atoms with Crippen molar-refractivity contribution < 1.29 is 18.7 Å². The highest BCUT2D eigenvalue weighted by Crippen LogP contribution is 2.25. The van der Waals surface area contributed by atoms with E-state index in [0.717, 1.165) is 0 Å². The summed E-state index contributed by atoms with van der Waals surface area (Å²) < 4.78 is 19.5. The molecule has 0 aliphatic carbocycles. The molecular weight excluding hydrogens is 265 g/mol. The van der Waals surface area contributed by atoms with Crippen LogP contribution in [0.4, 0.5) is 4.39 Å². The van der Waals surface area contributed by atoms with Crippen molar-refractivity contribution in [2.45, 2.75) is 0 Å². The van der Waals surface area contributed by atoms with Crippen LogP contribution in [0, 0.1) is 5.82 Å². The van der Waals surface area contributed by atoms with E-state index in [4.69, 9.17) is 9.52 Å². The Morgan fingerprint density at radius 3 is 2.60 bits per heavy atom. The normalized spacial score (nSPS) is 10.7. The van der Waals surface area contributed by atoms with Gasteiger partial charge in [0.05, 0.1) is 12.0 Å². The van der Waals surface area contributed by atoms with E-state index in [0.29, 0.717) is 11.4 Å². The minimum atomic E-state index is -1.22. The van der Waals surface area contributed by atoms with Gasteiger partial charge in [-0.2, -0.15) is 0 Å². The van der Waals surface area contributed by atoms with E-state index in [1.807, 2.05) is 0 Å². The molecule has 1 aromatic carbocycles. The lowest BCUT2D eigenvalue weighted by molar-refractivity contribution is 0.0691. The van der Waals surface area contributed by atoms with Crippen molar-refractivity contribution in [2.24, 2.45) is 0 Å². The van der Waals surface area contributed by atoms with E-state index < -0.39 is 11.8 Å². The maximum atomic E-state index is 13.0. The number of halogens is 1. The number of hydrogen-bond donors (Lipinski definition) is 1. The average Bonchev–Trinajstić information content (AvgIpc) is 3.08. The number of aromatic carboxylic acids is 1. The number of benzene rings is 1. The maximum absolute atomic E-state index is 13.0. The van der Waals surface area contributed by atoms with Gasteiger partial charge in [0, 0.05) is 0 Å². The number of rotatable bonds is 3. The Balaban J connectivity index is 2.21. The number of aromatic nitrogens is 3. The van der Waals surface area contributed by atoms with Gasteiger partial charge in [0.25, 0.3) is 0 Å². The first-order chi connectivity index (χ1) is 9.66. The van der Waals surface area contributed by atoms with E-state index in [1.165, 1.54) is 35.2 Å². The monoisotopic (exact) mass is 273 g/mol. The van der Waals surface area contributed by atoms with E-state index in [-0.39, 0.29) is 11.4 Å². The number of nitrogens with zero attached hydrogens (tertiary/aromatic N) is 3. The third-order valence-corrected chi connectivity index (χ3v) is 2.70. The second-order valence-electron chi connectivity index (χ2n) is 3.96. The highest BCUT2D eigenvalue weighted by Gasteiger charge is 2.23. The van der Waals surface area contributed by atoms with Crippen molar-refractivity contribution in [3.8, 4) is 17.1 Å². The van der Waals surface area contributed by atoms with Gasteiger partial charge in [0.2, 0.25) is 5.69 Å². The molecule has 0 amide bonds. The van der Waals surface area contributed by atoms with Crippen LogP contribution in [-0.2, 0) is 0 Å². The van der Waals surface area contributed by atoms with Crippen LogP contribution in [0.25, 0.3) is 17.1 Å². The molecule has 0 fully saturated rings. The zero-order chi connectivity index (χ0) is 14.1. The first-order valence-corrected chi connectivity index (χ1v) is 5.65. The molecule has 0 atom stereocenters. The van der Waals surface area contributed by atoms with Crippen LogP contribution in [-0.4, -0.2) is 26.1 Å². The fraction of sp³-hybridized carbons (Fsp3) is 0. The quantitative estimate of drug-likeness (QED) is 0.792. The topological polar surface area (TPSA) is 81.1 Å². The molecule has 0 unspecified atom stereocenters. The van der Waals surface area contributed by atoms with Crippen LogP contribution in [0.1, 0.15) is 10.5 Å². The molecule has 0 saturated carbocycles. The molecule has 2 aromatic heterocycles. The molecule has 0 bridgehead atoms. The fourth-order valence-electron chi connectivity index (χ4n) is 1.82. The summed E-state index contributed by atoms with van der Waals surface area (Å²) in [5.74, 6) is -1.30. The van der Waals surface area contributed by atoms with Gasteiger partial charge < -0.3 is 9.52 Å². The van der Waals surface area contributed by atoms with E-state index in [2.05, 4.69) is 10.3 Å². The van der Waals surface area contributed by atoms with Crippen LogP contribution in [0.2, 0.25) is 0 Å². The Morgan fingerprint density at radius 2 is 2.00 bits per heavy atom. The SMILES string of the molecule is O=C(O)c1nnn(-c2ccc(F)cc2)c1-c1ccco1. The number of carbonyl (C=O) groups is 1. The molecule has 0 aliphatic heterocycles. The Labute approximate surface area is 112 Å². The summed E-state index contributed by atoms with van der Waals surface area (Å²) in [6.45, 7) is 0. The van der Waals surface area contributed by atoms with Gasteiger partial charge in [-0.15, -0.1) is 5.10 Å². The minimum absolute atomic E-state index is 0.203. The van der Waals surface area contributed by atoms with Crippen LogP contribution < -0.4 is 0 Å². The summed E-state index contributed by atoms with van der Waals surface area (Å²) in [5, 5.41) is 16.6. The predicted molar refractivity (Wildman–Crippen MR) is 66.0 cm³/mol. The molecular formula is C13H8FN3O3.